The van der Waals surface area contributed by atoms with Crippen molar-refractivity contribution in [1.82, 2.24) is 20.4 Å². The summed E-state index contributed by atoms with van der Waals surface area (Å²) in [6, 6.07) is 9.33. The molecular formula is C29H30ClN5O7. The molecule has 0 spiro atoms. The summed E-state index contributed by atoms with van der Waals surface area (Å²) in [5.74, 6) is -1.29. The first-order chi connectivity index (χ1) is 20.2. The van der Waals surface area contributed by atoms with Crippen molar-refractivity contribution in [3.8, 4) is 0 Å². The van der Waals surface area contributed by atoms with Crippen LogP contribution in [0.5, 0.6) is 0 Å². The molecule has 1 saturated heterocycles. The molecule has 12 nitrogen and oxygen atoms in total. The van der Waals surface area contributed by atoms with E-state index in [2.05, 4.69) is 16.0 Å². The molecule has 3 aliphatic rings. The predicted molar refractivity (Wildman–Crippen MR) is 151 cm³/mol. The second-order valence-electron chi connectivity index (χ2n) is 10.2. The lowest BCUT2D eigenvalue weighted by Gasteiger charge is -2.29. The van der Waals surface area contributed by atoms with E-state index in [1.165, 1.54) is 22.0 Å². The maximum Gasteiger partial charge on any atom is 0.319 e. The number of nitrogens with one attached hydrogen (secondary N) is 3. The number of nitrogens with zero attached hydrogens (tertiary/aromatic N) is 2. The van der Waals surface area contributed by atoms with Crippen LogP contribution in [0.1, 0.15) is 39.9 Å². The number of imide groups is 1. The Labute approximate surface area is 246 Å². The van der Waals surface area contributed by atoms with Crippen LogP contribution in [0.25, 0.3) is 0 Å². The Hall–Kier alpha value is -4.26. The lowest BCUT2D eigenvalue weighted by molar-refractivity contribution is -0.137. The zero-order valence-electron chi connectivity index (χ0n) is 22.6. The summed E-state index contributed by atoms with van der Waals surface area (Å²) in [5.41, 5.74) is 3.40. The summed E-state index contributed by atoms with van der Waals surface area (Å²) < 4.78 is 5.58. The lowest BCUT2D eigenvalue weighted by Crippen LogP contribution is -2.52. The van der Waals surface area contributed by atoms with Crippen LogP contribution in [0.3, 0.4) is 0 Å². The molecule has 2 unspecified atom stereocenters. The summed E-state index contributed by atoms with van der Waals surface area (Å²) in [6.45, 7) is 1.40. The SMILES string of the molecule is O=C1CCC(N2Cc3cc(CNC(=O)Nc4ccc(CCOCCN5C(=O)C=CC5O)c(Cl)c4)ccc3C2=O)C(=O)N1. The number of anilines is 1. The number of piperidine rings is 1. The van der Waals surface area contributed by atoms with Crippen molar-refractivity contribution in [1.29, 1.82) is 0 Å². The first-order valence-corrected chi connectivity index (χ1v) is 13.9. The molecule has 1 fully saturated rings. The third kappa shape index (κ3) is 6.62. The van der Waals surface area contributed by atoms with E-state index in [4.69, 9.17) is 16.3 Å². The van der Waals surface area contributed by atoms with Crippen molar-refractivity contribution in [2.45, 2.75) is 44.6 Å². The Kier molecular flexibility index (Phi) is 8.86. The largest absolute Gasteiger partial charge is 0.379 e. The molecule has 0 radical (unpaired) electrons. The van der Waals surface area contributed by atoms with Gasteiger partial charge in [0, 0.05) is 48.4 Å². The highest BCUT2D eigenvalue weighted by molar-refractivity contribution is 6.31. The number of halogens is 1. The fourth-order valence-electron chi connectivity index (χ4n) is 5.11. The molecule has 42 heavy (non-hydrogen) atoms. The molecule has 0 aromatic heterocycles. The van der Waals surface area contributed by atoms with Gasteiger partial charge in [-0.1, -0.05) is 29.8 Å². The molecule has 6 amide bonds. The monoisotopic (exact) mass is 595 g/mol. The number of benzene rings is 2. The van der Waals surface area contributed by atoms with Gasteiger partial charge in [0.05, 0.1) is 13.2 Å². The summed E-state index contributed by atoms with van der Waals surface area (Å²) in [7, 11) is 0. The number of fused-ring (bicyclic) bond motifs is 1. The number of aliphatic hydroxyl groups is 1. The van der Waals surface area contributed by atoms with Crippen molar-refractivity contribution < 1.29 is 33.8 Å². The van der Waals surface area contributed by atoms with Crippen LogP contribution in [0, 0.1) is 0 Å². The van der Waals surface area contributed by atoms with E-state index < -0.39 is 24.2 Å². The number of hydrogen-bond acceptors (Lipinski definition) is 7. The van der Waals surface area contributed by atoms with Gasteiger partial charge in [0.2, 0.25) is 17.7 Å². The molecule has 220 valence electrons. The first-order valence-electron chi connectivity index (χ1n) is 13.5. The molecule has 0 aliphatic carbocycles. The smallest absolute Gasteiger partial charge is 0.319 e. The third-order valence-corrected chi connectivity index (χ3v) is 7.71. The summed E-state index contributed by atoms with van der Waals surface area (Å²) in [4.78, 5) is 63.5. The number of urea groups is 1. The summed E-state index contributed by atoms with van der Waals surface area (Å²) in [6.07, 6.45) is 2.86. The molecule has 13 heteroatoms. The third-order valence-electron chi connectivity index (χ3n) is 7.36. The van der Waals surface area contributed by atoms with Crippen LogP contribution in [-0.2, 0) is 38.6 Å². The molecular weight excluding hydrogens is 566 g/mol. The standard InChI is InChI=1S/C29H30ClN5O7/c30-22-14-20(3-2-18(22)9-11-42-12-10-34-25(37)7-8-26(34)38)32-29(41)31-15-17-1-4-21-19(13-17)16-35(28(21)40)23-5-6-24(36)33-27(23)39/h1-4,7-8,13-14,23,25,37H,5-6,9-12,15-16H2,(H2,31,32,41)(H,33,36,39). The highest BCUT2D eigenvalue weighted by Crippen LogP contribution is 2.28. The topological polar surface area (TPSA) is 157 Å². The van der Waals surface area contributed by atoms with E-state index in [0.29, 0.717) is 35.7 Å². The van der Waals surface area contributed by atoms with E-state index in [1.54, 1.807) is 30.3 Å². The average molecular weight is 596 g/mol. The first kappa shape index (κ1) is 29.2. The second-order valence-corrected chi connectivity index (χ2v) is 10.6. The normalized spacial score (nSPS) is 19.8. The lowest BCUT2D eigenvalue weighted by atomic mass is 10.0. The van der Waals surface area contributed by atoms with Crippen LogP contribution in [0.2, 0.25) is 5.02 Å². The number of amides is 6. The molecule has 2 aromatic rings. The van der Waals surface area contributed by atoms with Crippen molar-refractivity contribution in [2.75, 3.05) is 25.1 Å². The van der Waals surface area contributed by atoms with Crippen LogP contribution in [0.15, 0.2) is 48.6 Å². The van der Waals surface area contributed by atoms with Crippen LogP contribution < -0.4 is 16.0 Å². The minimum atomic E-state index is -0.912. The Morgan fingerprint density at radius 2 is 1.95 bits per heavy atom. The van der Waals surface area contributed by atoms with Gasteiger partial charge >= 0.3 is 6.03 Å². The predicted octanol–water partition coefficient (Wildman–Crippen LogP) is 1.70. The van der Waals surface area contributed by atoms with Crippen LogP contribution in [-0.4, -0.2) is 76.6 Å². The maximum absolute atomic E-state index is 12.9. The molecule has 5 rings (SSSR count). The van der Waals surface area contributed by atoms with E-state index in [9.17, 15) is 29.1 Å². The Morgan fingerprint density at radius 1 is 1.12 bits per heavy atom. The maximum atomic E-state index is 12.9. The highest BCUT2D eigenvalue weighted by Gasteiger charge is 2.39. The number of carbonyl (C=O) groups is 5. The van der Waals surface area contributed by atoms with E-state index in [0.717, 1.165) is 16.7 Å². The summed E-state index contributed by atoms with van der Waals surface area (Å²) in [5, 5.41) is 18.0. The van der Waals surface area contributed by atoms with Crippen LogP contribution in [0.4, 0.5) is 10.5 Å². The van der Waals surface area contributed by atoms with E-state index in [1.807, 2.05) is 6.07 Å². The zero-order valence-corrected chi connectivity index (χ0v) is 23.4. The van der Waals surface area contributed by atoms with Gasteiger partial charge in [0.1, 0.15) is 12.3 Å². The van der Waals surface area contributed by atoms with E-state index >= 15 is 0 Å². The number of ether oxygens (including phenoxy) is 1. The van der Waals surface area contributed by atoms with Gasteiger partial charge in [-0.15, -0.1) is 0 Å². The van der Waals surface area contributed by atoms with Gasteiger partial charge in [0.15, 0.2) is 0 Å². The average Bonchev–Trinajstić information content (AvgIpc) is 3.45. The Balaban J connectivity index is 1.06. The van der Waals surface area contributed by atoms with Crippen molar-refractivity contribution in [3.63, 3.8) is 0 Å². The van der Waals surface area contributed by atoms with Gasteiger partial charge in [0.25, 0.3) is 5.91 Å². The molecule has 0 saturated carbocycles. The van der Waals surface area contributed by atoms with Crippen molar-refractivity contribution in [2.24, 2.45) is 0 Å². The Morgan fingerprint density at radius 3 is 2.69 bits per heavy atom. The Bertz CT molecular complexity index is 1460. The number of rotatable bonds is 10. The molecule has 3 heterocycles. The van der Waals surface area contributed by atoms with Crippen molar-refractivity contribution >= 4 is 46.9 Å². The number of hydrogen-bond donors (Lipinski definition) is 4. The van der Waals surface area contributed by atoms with Gasteiger partial charge in [-0.25, -0.2) is 4.79 Å². The minimum absolute atomic E-state index is 0.191. The summed E-state index contributed by atoms with van der Waals surface area (Å²) >= 11 is 6.40. The second kappa shape index (κ2) is 12.7. The molecule has 2 atom stereocenters. The minimum Gasteiger partial charge on any atom is -0.379 e. The van der Waals surface area contributed by atoms with Gasteiger partial charge in [-0.3, -0.25) is 24.5 Å². The van der Waals surface area contributed by atoms with Gasteiger partial charge in [-0.05, 0) is 53.8 Å². The van der Waals surface area contributed by atoms with E-state index in [-0.39, 0.29) is 50.4 Å². The fraction of sp³-hybridized carbons (Fsp3) is 0.345. The fourth-order valence-corrected chi connectivity index (χ4v) is 5.39. The van der Waals surface area contributed by atoms with Gasteiger partial charge < -0.3 is 30.3 Å². The number of aliphatic hydroxyl groups excluding tert-OH is 1. The zero-order chi connectivity index (χ0) is 29.8. The highest BCUT2D eigenvalue weighted by atomic mass is 35.5. The molecule has 2 aromatic carbocycles. The number of carbonyl (C=O) groups excluding carboxylic acids is 5. The molecule has 0 bridgehead atoms. The quantitative estimate of drug-likeness (QED) is 0.240. The molecule has 3 aliphatic heterocycles. The molecule has 4 N–H and O–H groups in total. The van der Waals surface area contributed by atoms with Crippen LogP contribution >= 0.6 is 11.6 Å². The van der Waals surface area contributed by atoms with Gasteiger partial charge in [-0.2, -0.15) is 0 Å². The van der Waals surface area contributed by atoms with Crippen molar-refractivity contribution in [3.05, 3.63) is 75.8 Å².